The number of nitrogens with zero attached hydrogens (tertiary/aromatic N) is 3. The van der Waals surface area contributed by atoms with E-state index >= 15 is 0 Å². The van der Waals surface area contributed by atoms with Crippen LogP contribution in [0, 0.1) is 5.92 Å². The second-order valence-electron chi connectivity index (χ2n) is 5.02. The Morgan fingerprint density at radius 3 is 2.95 bits per heavy atom. The summed E-state index contributed by atoms with van der Waals surface area (Å²) < 4.78 is 7.71. The average Bonchev–Trinajstić information content (AvgIpc) is 3.07. The Kier molecular flexibility index (Phi) is 3.79. The fourth-order valence-corrected chi connectivity index (χ4v) is 3.67. The predicted molar refractivity (Wildman–Crippen MR) is 73.9 cm³/mol. The van der Waals surface area contributed by atoms with Gasteiger partial charge in [-0.15, -0.1) is 0 Å². The lowest BCUT2D eigenvalue weighted by atomic mass is 9.99. The van der Waals surface area contributed by atoms with E-state index in [1.807, 2.05) is 34.5 Å². The molecule has 104 valence electrons. The molecular weight excluding hydrogens is 262 g/mol. The molecule has 0 N–H and O–H groups in total. The maximum Gasteiger partial charge on any atom is 0.228 e. The molecule has 0 radical (unpaired) electrons. The van der Waals surface area contributed by atoms with Crippen LogP contribution in [0.2, 0.25) is 0 Å². The van der Waals surface area contributed by atoms with E-state index in [4.69, 9.17) is 4.74 Å². The predicted octanol–water partition coefficient (Wildman–Crippen LogP) is 1.07. The minimum atomic E-state index is -0.179. The molecule has 0 aromatic carbocycles. The number of thioether (sulfide) groups is 1. The summed E-state index contributed by atoms with van der Waals surface area (Å²) in [4.78, 5) is 18.9. The van der Waals surface area contributed by atoms with Crippen molar-refractivity contribution in [1.29, 1.82) is 0 Å². The third-order valence-electron chi connectivity index (χ3n) is 3.84. The van der Waals surface area contributed by atoms with Gasteiger partial charge in [0.05, 0.1) is 5.92 Å². The molecule has 1 aromatic heterocycles. The summed E-state index contributed by atoms with van der Waals surface area (Å²) >= 11 is 1.92. The van der Waals surface area contributed by atoms with E-state index in [2.05, 4.69) is 4.98 Å². The number of amides is 1. The van der Waals surface area contributed by atoms with Gasteiger partial charge in [-0.3, -0.25) is 4.79 Å². The molecule has 2 aliphatic heterocycles. The summed E-state index contributed by atoms with van der Waals surface area (Å²) in [6.07, 6.45) is 4.29. The molecule has 1 aromatic rings. The van der Waals surface area contributed by atoms with Crippen molar-refractivity contribution in [2.45, 2.75) is 12.5 Å². The molecule has 0 aliphatic carbocycles. The summed E-state index contributed by atoms with van der Waals surface area (Å²) in [6, 6.07) is 0. The van der Waals surface area contributed by atoms with Gasteiger partial charge in [-0.2, -0.15) is 11.8 Å². The first-order chi connectivity index (χ1) is 9.27. The Labute approximate surface area is 117 Å². The highest BCUT2D eigenvalue weighted by atomic mass is 32.2. The molecule has 2 saturated heterocycles. The van der Waals surface area contributed by atoms with Gasteiger partial charge in [0, 0.05) is 50.6 Å². The highest BCUT2D eigenvalue weighted by Gasteiger charge is 2.39. The van der Waals surface area contributed by atoms with Crippen molar-refractivity contribution in [3.05, 3.63) is 18.2 Å². The summed E-state index contributed by atoms with van der Waals surface area (Å²) in [5.74, 6) is 3.14. The summed E-state index contributed by atoms with van der Waals surface area (Å²) in [7, 11) is 1.95. The van der Waals surface area contributed by atoms with Crippen LogP contribution in [0.3, 0.4) is 0 Å². The molecule has 0 unspecified atom stereocenters. The van der Waals surface area contributed by atoms with Crippen LogP contribution in [0.4, 0.5) is 0 Å². The van der Waals surface area contributed by atoms with Crippen molar-refractivity contribution >= 4 is 17.7 Å². The quantitative estimate of drug-likeness (QED) is 0.813. The van der Waals surface area contributed by atoms with Crippen LogP contribution in [-0.4, -0.2) is 51.6 Å². The minimum absolute atomic E-state index is 0.0656. The van der Waals surface area contributed by atoms with Gasteiger partial charge in [0.2, 0.25) is 5.91 Å². The summed E-state index contributed by atoms with van der Waals surface area (Å²) in [6.45, 7) is 2.39. The Morgan fingerprint density at radius 2 is 2.26 bits per heavy atom. The van der Waals surface area contributed by atoms with E-state index in [1.165, 1.54) is 0 Å². The minimum Gasteiger partial charge on any atom is -0.369 e. The second kappa shape index (κ2) is 5.54. The zero-order valence-corrected chi connectivity index (χ0v) is 11.9. The normalized spacial score (nSPS) is 27.7. The number of aryl methyl sites for hydroxylation is 1. The van der Waals surface area contributed by atoms with Gasteiger partial charge in [-0.25, -0.2) is 4.98 Å². The van der Waals surface area contributed by atoms with Crippen molar-refractivity contribution in [3.63, 3.8) is 0 Å². The second-order valence-corrected chi connectivity index (χ2v) is 6.25. The van der Waals surface area contributed by atoms with Crippen LogP contribution in [-0.2, 0) is 16.6 Å². The van der Waals surface area contributed by atoms with Gasteiger partial charge in [0.25, 0.3) is 0 Å². The molecule has 1 amide bonds. The van der Waals surface area contributed by atoms with Crippen LogP contribution in [0.1, 0.15) is 18.3 Å². The van der Waals surface area contributed by atoms with E-state index in [9.17, 15) is 4.79 Å². The van der Waals surface area contributed by atoms with Crippen molar-refractivity contribution < 1.29 is 9.53 Å². The van der Waals surface area contributed by atoms with E-state index in [0.717, 1.165) is 36.8 Å². The number of hydrogen-bond acceptors (Lipinski definition) is 4. The molecule has 6 heteroatoms. The van der Waals surface area contributed by atoms with Gasteiger partial charge >= 0.3 is 0 Å². The first-order valence-corrected chi connectivity index (χ1v) is 7.88. The zero-order chi connectivity index (χ0) is 13.2. The van der Waals surface area contributed by atoms with Crippen molar-refractivity contribution in [2.75, 3.05) is 31.2 Å². The van der Waals surface area contributed by atoms with E-state index < -0.39 is 0 Å². The van der Waals surface area contributed by atoms with Gasteiger partial charge in [0.1, 0.15) is 11.9 Å². The molecule has 0 spiro atoms. The lowest BCUT2D eigenvalue weighted by Crippen LogP contribution is -2.42. The Morgan fingerprint density at radius 1 is 1.47 bits per heavy atom. The fraction of sp³-hybridized carbons (Fsp3) is 0.692. The fourth-order valence-electron chi connectivity index (χ4n) is 2.77. The largest absolute Gasteiger partial charge is 0.369 e. The topological polar surface area (TPSA) is 47.4 Å². The SMILES string of the molecule is Cn1ccnc1[C@@H]1OCC[C@H]1C(=O)N1CCSCC1. The summed E-state index contributed by atoms with van der Waals surface area (Å²) in [5.41, 5.74) is 0. The molecule has 2 atom stereocenters. The number of carbonyl (C=O) groups is 1. The van der Waals surface area contributed by atoms with Crippen molar-refractivity contribution in [3.8, 4) is 0 Å². The number of carbonyl (C=O) groups excluding carboxylic acids is 1. The van der Waals surface area contributed by atoms with Gasteiger partial charge in [0.15, 0.2) is 0 Å². The number of rotatable bonds is 2. The van der Waals surface area contributed by atoms with Gasteiger partial charge < -0.3 is 14.2 Å². The van der Waals surface area contributed by atoms with E-state index in [1.54, 1.807) is 6.20 Å². The maximum absolute atomic E-state index is 12.6. The van der Waals surface area contributed by atoms with Crippen molar-refractivity contribution in [2.24, 2.45) is 13.0 Å². The highest BCUT2D eigenvalue weighted by Crippen LogP contribution is 2.35. The third kappa shape index (κ3) is 2.51. The third-order valence-corrected chi connectivity index (χ3v) is 4.79. The van der Waals surface area contributed by atoms with Crippen LogP contribution in [0.15, 0.2) is 12.4 Å². The number of aromatic nitrogens is 2. The maximum atomic E-state index is 12.6. The zero-order valence-electron chi connectivity index (χ0n) is 11.1. The number of ether oxygens (including phenoxy) is 1. The van der Waals surface area contributed by atoms with Gasteiger partial charge in [-0.1, -0.05) is 0 Å². The van der Waals surface area contributed by atoms with Crippen LogP contribution >= 0.6 is 11.8 Å². The smallest absolute Gasteiger partial charge is 0.228 e. The van der Waals surface area contributed by atoms with Crippen LogP contribution in [0.25, 0.3) is 0 Å². The molecule has 3 rings (SSSR count). The molecular formula is C13H19N3O2S. The molecule has 2 fully saturated rings. The standard InChI is InChI=1S/C13H19N3O2S/c1-15-4-3-14-12(15)11-10(2-7-18-11)13(17)16-5-8-19-9-6-16/h3-4,10-11H,2,5-9H2,1H3/t10-,11-/m1/s1. The molecule has 2 aliphatic rings. The van der Waals surface area contributed by atoms with Crippen LogP contribution in [0.5, 0.6) is 0 Å². The van der Waals surface area contributed by atoms with E-state index in [-0.39, 0.29) is 17.9 Å². The van der Waals surface area contributed by atoms with E-state index in [0.29, 0.717) is 6.61 Å². The van der Waals surface area contributed by atoms with Crippen LogP contribution < -0.4 is 0 Å². The lowest BCUT2D eigenvalue weighted by Gasteiger charge is -2.30. The summed E-state index contributed by atoms with van der Waals surface area (Å²) in [5, 5.41) is 0. The Balaban J connectivity index is 1.75. The molecule has 0 saturated carbocycles. The Bertz CT molecular complexity index is 456. The van der Waals surface area contributed by atoms with Gasteiger partial charge in [-0.05, 0) is 6.42 Å². The average molecular weight is 281 g/mol. The number of imidazole rings is 1. The van der Waals surface area contributed by atoms with Crippen molar-refractivity contribution in [1.82, 2.24) is 14.5 Å². The highest BCUT2D eigenvalue weighted by molar-refractivity contribution is 7.99. The molecule has 19 heavy (non-hydrogen) atoms. The molecule has 0 bridgehead atoms. The lowest BCUT2D eigenvalue weighted by molar-refractivity contribution is -0.137. The first kappa shape index (κ1) is 13.0. The number of hydrogen-bond donors (Lipinski definition) is 0. The molecule has 5 nitrogen and oxygen atoms in total. The Hall–Kier alpha value is -1.01. The molecule has 3 heterocycles. The monoisotopic (exact) mass is 281 g/mol. The first-order valence-electron chi connectivity index (χ1n) is 6.73.